The number of rotatable bonds is 2. The molecule has 2 aliphatic rings. The third-order valence-corrected chi connectivity index (χ3v) is 3.85. The van der Waals surface area contributed by atoms with Gasteiger partial charge in [-0.3, -0.25) is 4.79 Å². The van der Waals surface area contributed by atoms with E-state index < -0.39 is 0 Å². The Morgan fingerprint density at radius 3 is 2.81 bits per heavy atom. The Bertz CT molecular complexity index is 249. The van der Waals surface area contributed by atoms with E-state index in [1.54, 1.807) is 0 Å². The van der Waals surface area contributed by atoms with E-state index in [-0.39, 0.29) is 5.92 Å². The first-order valence-corrected chi connectivity index (χ1v) is 6.34. The fraction of sp³-hybridized carbons (Fsp3) is 0.917. The van der Waals surface area contributed by atoms with Gasteiger partial charge in [0.25, 0.3) is 0 Å². The van der Waals surface area contributed by atoms with Crippen molar-refractivity contribution in [2.75, 3.05) is 40.3 Å². The molecule has 0 aromatic carbocycles. The predicted molar refractivity (Wildman–Crippen MR) is 64.3 cm³/mol. The van der Waals surface area contributed by atoms with Crippen LogP contribution in [0.1, 0.15) is 19.3 Å². The van der Waals surface area contributed by atoms with E-state index in [0.29, 0.717) is 11.9 Å². The second kappa shape index (κ2) is 5.15. The van der Waals surface area contributed by atoms with Crippen molar-refractivity contribution in [1.29, 1.82) is 0 Å². The number of piperidine rings is 1. The number of carbonyl (C=O) groups is 1. The van der Waals surface area contributed by atoms with Crippen LogP contribution in [0.15, 0.2) is 0 Å². The number of nitrogens with one attached hydrogen (secondary N) is 1. The summed E-state index contributed by atoms with van der Waals surface area (Å²) in [6.45, 7) is 3.76. The minimum Gasteiger partial charge on any atom is -0.341 e. The van der Waals surface area contributed by atoms with E-state index in [4.69, 9.17) is 0 Å². The van der Waals surface area contributed by atoms with Gasteiger partial charge in [-0.05, 0) is 39.9 Å². The molecule has 2 heterocycles. The molecule has 1 amide bonds. The highest BCUT2D eigenvalue weighted by Crippen LogP contribution is 2.18. The molecule has 92 valence electrons. The topological polar surface area (TPSA) is 35.6 Å². The predicted octanol–water partition coefficient (Wildman–Crippen LogP) is 0.149. The van der Waals surface area contributed by atoms with Gasteiger partial charge < -0.3 is 15.1 Å². The smallest absolute Gasteiger partial charge is 0.227 e. The molecule has 2 atom stereocenters. The van der Waals surface area contributed by atoms with Crippen molar-refractivity contribution in [3.63, 3.8) is 0 Å². The number of hydrogen-bond acceptors (Lipinski definition) is 3. The summed E-state index contributed by atoms with van der Waals surface area (Å²) in [4.78, 5) is 16.6. The van der Waals surface area contributed by atoms with Crippen molar-refractivity contribution < 1.29 is 4.79 Å². The third-order valence-electron chi connectivity index (χ3n) is 3.85. The highest BCUT2D eigenvalue weighted by Gasteiger charge is 2.30. The Morgan fingerprint density at radius 2 is 2.19 bits per heavy atom. The molecule has 2 rings (SSSR count). The van der Waals surface area contributed by atoms with Crippen LogP contribution < -0.4 is 5.32 Å². The van der Waals surface area contributed by atoms with E-state index in [0.717, 1.165) is 39.0 Å². The molecule has 0 radical (unpaired) electrons. The zero-order chi connectivity index (χ0) is 11.5. The van der Waals surface area contributed by atoms with Gasteiger partial charge in [-0.1, -0.05) is 0 Å². The van der Waals surface area contributed by atoms with Crippen molar-refractivity contribution in [1.82, 2.24) is 15.1 Å². The Kier molecular flexibility index (Phi) is 3.82. The van der Waals surface area contributed by atoms with Crippen molar-refractivity contribution in [3.8, 4) is 0 Å². The Labute approximate surface area is 98.0 Å². The molecule has 4 heteroatoms. The number of amides is 1. The molecule has 2 unspecified atom stereocenters. The van der Waals surface area contributed by atoms with Crippen LogP contribution in [-0.2, 0) is 4.79 Å². The van der Waals surface area contributed by atoms with Crippen LogP contribution in [0.25, 0.3) is 0 Å². The molecule has 0 aromatic heterocycles. The van der Waals surface area contributed by atoms with Crippen LogP contribution >= 0.6 is 0 Å². The first-order valence-electron chi connectivity index (χ1n) is 6.34. The van der Waals surface area contributed by atoms with Gasteiger partial charge in [0, 0.05) is 25.7 Å². The fourth-order valence-electron chi connectivity index (χ4n) is 2.70. The lowest BCUT2D eigenvalue weighted by atomic mass is 10.0. The van der Waals surface area contributed by atoms with Gasteiger partial charge in [0.2, 0.25) is 5.91 Å². The van der Waals surface area contributed by atoms with Crippen LogP contribution in [-0.4, -0.2) is 62.0 Å². The first kappa shape index (κ1) is 11.9. The average Bonchev–Trinajstić information content (AvgIpc) is 2.81. The summed E-state index contributed by atoms with van der Waals surface area (Å²) in [5.74, 6) is 0.609. The fourth-order valence-corrected chi connectivity index (χ4v) is 2.70. The maximum absolute atomic E-state index is 12.2. The Morgan fingerprint density at radius 1 is 1.38 bits per heavy atom. The lowest BCUT2D eigenvalue weighted by Gasteiger charge is -2.37. The lowest BCUT2D eigenvalue weighted by Crippen LogP contribution is -2.49. The molecule has 2 saturated heterocycles. The highest BCUT2D eigenvalue weighted by atomic mass is 16.2. The van der Waals surface area contributed by atoms with Crippen molar-refractivity contribution in [2.24, 2.45) is 5.92 Å². The van der Waals surface area contributed by atoms with E-state index in [1.807, 2.05) is 0 Å². The Balaban J connectivity index is 1.90. The molecule has 2 fully saturated rings. The molecular formula is C12H23N3O. The summed E-state index contributed by atoms with van der Waals surface area (Å²) in [5.41, 5.74) is 0. The first-order chi connectivity index (χ1) is 7.68. The molecule has 0 spiro atoms. The van der Waals surface area contributed by atoms with Crippen LogP contribution in [0.5, 0.6) is 0 Å². The monoisotopic (exact) mass is 225 g/mol. The number of hydrogen-bond donors (Lipinski definition) is 1. The third kappa shape index (κ3) is 2.55. The summed E-state index contributed by atoms with van der Waals surface area (Å²) in [7, 11) is 4.21. The molecule has 0 aliphatic carbocycles. The molecule has 0 aromatic rings. The van der Waals surface area contributed by atoms with E-state index in [1.165, 1.54) is 6.42 Å². The van der Waals surface area contributed by atoms with Crippen molar-refractivity contribution in [2.45, 2.75) is 25.3 Å². The summed E-state index contributed by atoms with van der Waals surface area (Å²) in [6.07, 6.45) is 3.39. The largest absolute Gasteiger partial charge is 0.341 e. The van der Waals surface area contributed by atoms with E-state index in [9.17, 15) is 4.79 Å². The molecule has 16 heavy (non-hydrogen) atoms. The highest BCUT2D eigenvalue weighted by molar-refractivity contribution is 5.79. The maximum atomic E-state index is 12.2. The molecular weight excluding hydrogens is 202 g/mol. The SMILES string of the molecule is CN(C)C1CCCN(C(=O)C2CCNC2)C1. The van der Waals surface area contributed by atoms with Gasteiger partial charge in [0.1, 0.15) is 0 Å². The van der Waals surface area contributed by atoms with Gasteiger partial charge in [-0.25, -0.2) is 0 Å². The average molecular weight is 225 g/mol. The number of carbonyl (C=O) groups excluding carboxylic acids is 1. The van der Waals surface area contributed by atoms with E-state index in [2.05, 4.69) is 29.2 Å². The normalized spacial score (nSPS) is 31.1. The van der Waals surface area contributed by atoms with Crippen LogP contribution in [0.3, 0.4) is 0 Å². The lowest BCUT2D eigenvalue weighted by molar-refractivity contribution is -0.136. The maximum Gasteiger partial charge on any atom is 0.227 e. The van der Waals surface area contributed by atoms with Gasteiger partial charge in [-0.15, -0.1) is 0 Å². The summed E-state index contributed by atoms with van der Waals surface area (Å²) in [6, 6.07) is 0.548. The van der Waals surface area contributed by atoms with Gasteiger partial charge in [0.05, 0.1) is 5.92 Å². The Hall–Kier alpha value is -0.610. The summed E-state index contributed by atoms with van der Waals surface area (Å²) < 4.78 is 0. The molecule has 1 N–H and O–H groups in total. The molecule has 2 aliphatic heterocycles. The number of nitrogens with zero attached hydrogens (tertiary/aromatic N) is 2. The van der Waals surface area contributed by atoms with Gasteiger partial charge in [-0.2, -0.15) is 0 Å². The van der Waals surface area contributed by atoms with Crippen molar-refractivity contribution in [3.05, 3.63) is 0 Å². The van der Waals surface area contributed by atoms with Crippen LogP contribution in [0.4, 0.5) is 0 Å². The van der Waals surface area contributed by atoms with Gasteiger partial charge >= 0.3 is 0 Å². The van der Waals surface area contributed by atoms with Gasteiger partial charge in [0.15, 0.2) is 0 Å². The summed E-state index contributed by atoms with van der Waals surface area (Å²) >= 11 is 0. The zero-order valence-corrected chi connectivity index (χ0v) is 10.4. The zero-order valence-electron chi connectivity index (χ0n) is 10.4. The van der Waals surface area contributed by atoms with E-state index >= 15 is 0 Å². The van der Waals surface area contributed by atoms with Crippen LogP contribution in [0.2, 0.25) is 0 Å². The second-order valence-electron chi connectivity index (χ2n) is 5.23. The minimum atomic E-state index is 0.237. The van der Waals surface area contributed by atoms with Crippen LogP contribution in [0, 0.1) is 5.92 Å². The quantitative estimate of drug-likeness (QED) is 0.726. The minimum absolute atomic E-state index is 0.237. The number of likely N-dealkylation sites (tertiary alicyclic amines) is 1. The standard InChI is InChI=1S/C12H23N3O/c1-14(2)11-4-3-7-15(9-11)12(16)10-5-6-13-8-10/h10-11,13H,3-9H2,1-2H3. The van der Waals surface area contributed by atoms with Crippen molar-refractivity contribution >= 4 is 5.91 Å². The summed E-state index contributed by atoms with van der Waals surface area (Å²) in [5, 5.41) is 3.27. The molecule has 0 saturated carbocycles. The molecule has 4 nitrogen and oxygen atoms in total. The number of likely N-dealkylation sites (N-methyl/N-ethyl adjacent to an activating group) is 1. The molecule has 0 bridgehead atoms. The second-order valence-corrected chi connectivity index (χ2v) is 5.23.